The SMILES string of the molecule is COCC(O)Cc1nc(-c2ccccc2[N+](=O)[O-])no1. The number of aromatic nitrogens is 2. The predicted molar refractivity (Wildman–Crippen MR) is 68.0 cm³/mol. The molecular formula is C12H13N3O5. The number of nitro groups is 1. The molecule has 1 aromatic heterocycles. The molecule has 1 unspecified atom stereocenters. The van der Waals surface area contributed by atoms with Gasteiger partial charge in [-0.05, 0) is 6.07 Å². The zero-order valence-electron chi connectivity index (χ0n) is 10.7. The highest BCUT2D eigenvalue weighted by molar-refractivity contribution is 5.67. The molecule has 0 bridgehead atoms. The minimum absolute atomic E-state index is 0.0997. The summed E-state index contributed by atoms with van der Waals surface area (Å²) in [5.74, 6) is 0.319. The lowest BCUT2D eigenvalue weighted by Crippen LogP contribution is -2.17. The maximum Gasteiger partial charge on any atom is 0.280 e. The van der Waals surface area contributed by atoms with Crippen molar-refractivity contribution in [1.29, 1.82) is 0 Å². The average Bonchev–Trinajstić information content (AvgIpc) is 2.87. The molecule has 2 aromatic rings. The van der Waals surface area contributed by atoms with Gasteiger partial charge in [0.25, 0.3) is 5.69 Å². The molecule has 8 heteroatoms. The highest BCUT2D eigenvalue weighted by Gasteiger charge is 2.20. The number of nitro benzene ring substituents is 1. The molecule has 8 nitrogen and oxygen atoms in total. The minimum Gasteiger partial charge on any atom is -0.390 e. The van der Waals surface area contributed by atoms with Crippen LogP contribution in [0.15, 0.2) is 28.8 Å². The van der Waals surface area contributed by atoms with E-state index < -0.39 is 11.0 Å². The molecule has 1 heterocycles. The second-order valence-corrected chi connectivity index (χ2v) is 4.10. The summed E-state index contributed by atoms with van der Waals surface area (Å²) in [5.41, 5.74) is 0.172. The summed E-state index contributed by atoms with van der Waals surface area (Å²) < 4.78 is 9.76. The monoisotopic (exact) mass is 279 g/mol. The molecule has 1 aromatic carbocycles. The van der Waals surface area contributed by atoms with Gasteiger partial charge in [-0.2, -0.15) is 4.98 Å². The van der Waals surface area contributed by atoms with Crippen molar-refractivity contribution in [2.75, 3.05) is 13.7 Å². The van der Waals surface area contributed by atoms with Gasteiger partial charge in [0, 0.05) is 13.2 Å². The normalized spacial score (nSPS) is 12.3. The van der Waals surface area contributed by atoms with Crippen LogP contribution < -0.4 is 0 Å². The lowest BCUT2D eigenvalue weighted by Gasteiger charge is -2.04. The molecule has 1 atom stereocenters. The summed E-state index contributed by atoms with van der Waals surface area (Å²) in [5, 5.41) is 24.2. The summed E-state index contributed by atoms with van der Waals surface area (Å²) >= 11 is 0. The van der Waals surface area contributed by atoms with Crippen LogP contribution in [-0.4, -0.2) is 40.0 Å². The van der Waals surface area contributed by atoms with Crippen LogP contribution in [0.3, 0.4) is 0 Å². The largest absolute Gasteiger partial charge is 0.390 e. The Kier molecular flexibility index (Phi) is 4.38. The average molecular weight is 279 g/mol. The van der Waals surface area contributed by atoms with Crippen molar-refractivity contribution in [2.24, 2.45) is 0 Å². The number of benzene rings is 1. The third kappa shape index (κ3) is 3.16. The quantitative estimate of drug-likeness (QED) is 0.624. The number of aliphatic hydroxyl groups is 1. The van der Waals surface area contributed by atoms with E-state index >= 15 is 0 Å². The van der Waals surface area contributed by atoms with E-state index in [0.717, 1.165) is 0 Å². The number of nitrogens with zero attached hydrogens (tertiary/aromatic N) is 3. The van der Waals surface area contributed by atoms with Crippen molar-refractivity contribution >= 4 is 5.69 Å². The van der Waals surface area contributed by atoms with Gasteiger partial charge in [-0.15, -0.1) is 0 Å². The van der Waals surface area contributed by atoms with Crippen LogP contribution in [0, 0.1) is 10.1 Å². The first-order valence-corrected chi connectivity index (χ1v) is 5.85. The molecular weight excluding hydrogens is 266 g/mol. The van der Waals surface area contributed by atoms with Gasteiger partial charge in [-0.3, -0.25) is 10.1 Å². The molecule has 0 amide bonds. The van der Waals surface area contributed by atoms with Crippen molar-refractivity contribution in [1.82, 2.24) is 10.1 Å². The molecule has 0 radical (unpaired) electrons. The molecule has 0 aliphatic rings. The number of rotatable bonds is 6. The first-order chi connectivity index (χ1) is 9.61. The lowest BCUT2D eigenvalue weighted by molar-refractivity contribution is -0.384. The Labute approximate surface area is 114 Å². The van der Waals surface area contributed by atoms with Gasteiger partial charge in [0.2, 0.25) is 11.7 Å². The van der Waals surface area contributed by atoms with Gasteiger partial charge >= 0.3 is 0 Å². The van der Waals surface area contributed by atoms with E-state index in [1.807, 2.05) is 0 Å². The molecule has 106 valence electrons. The maximum absolute atomic E-state index is 10.9. The second kappa shape index (κ2) is 6.22. The van der Waals surface area contributed by atoms with Crippen molar-refractivity contribution in [3.63, 3.8) is 0 Å². The third-order valence-corrected chi connectivity index (χ3v) is 2.58. The summed E-state index contributed by atoms with van der Waals surface area (Å²) in [6.45, 7) is 0.142. The second-order valence-electron chi connectivity index (χ2n) is 4.10. The van der Waals surface area contributed by atoms with Gasteiger partial charge in [0.15, 0.2) is 0 Å². The van der Waals surface area contributed by atoms with E-state index in [1.54, 1.807) is 18.2 Å². The summed E-state index contributed by atoms with van der Waals surface area (Å²) in [6.07, 6.45) is -0.638. The molecule has 20 heavy (non-hydrogen) atoms. The topological polar surface area (TPSA) is 112 Å². The van der Waals surface area contributed by atoms with E-state index in [4.69, 9.17) is 9.26 Å². The number of hydrogen-bond acceptors (Lipinski definition) is 7. The highest BCUT2D eigenvalue weighted by atomic mass is 16.6. The van der Waals surface area contributed by atoms with Crippen LogP contribution in [0.2, 0.25) is 0 Å². The molecule has 0 saturated carbocycles. The fourth-order valence-electron chi connectivity index (χ4n) is 1.72. The fourth-order valence-corrected chi connectivity index (χ4v) is 1.72. The molecule has 0 fully saturated rings. The van der Waals surface area contributed by atoms with Crippen molar-refractivity contribution in [2.45, 2.75) is 12.5 Å². The molecule has 2 rings (SSSR count). The van der Waals surface area contributed by atoms with Crippen molar-refractivity contribution < 1.29 is 19.3 Å². The Hall–Kier alpha value is -2.32. The van der Waals surface area contributed by atoms with Crippen LogP contribution in [0.1, 0.15) is 5.89 Å². The number of methoxy groups -OCH3 is 1. The number of hydrogen-bond donors (Lipinski definition) is 1. The van der Waals surface area contributed by atoms with Gasteiger partial charge in [-0.25, -0.2) is 0 Å². The van der Waals surface area contributed by atoms with Crippen molar-refractivity contribution in [3.8, 4) is 11.4 Å². The highest BCUT2D eigenvalue weighted by Crippen LogP contribution is 2.27. The Morgan fingerprint density at radius 3 is 2.95 bits per heavy atom. The Balaban J connectivity index is 2.23. The van der Waals surface area contributed by atoms with Crippen LogP contribution in [-0.2, 0) is 11.2 Å². The van der Waals surface area contributed by atoms with Crippen LogP contribution in [0.5, 0.6) is 0 Å². The molecule has 0 aliphatic carbocycles. The summed E-state index contributed by atoms with van der Waals surface area (Å²) in [4.78, 5) is 14.5. The molecule has 0 saturated heterocycles. The fraction of sp³-hybridized carbons (Fsp3) is 0.333. The van der Waals surface area contributed by atoms with E-state index in [1.165, 1.54) is 13.2 Å². The van der Waals surface area contributed by atoms with E-state index in [2.05, 4.69) is 10.1 Å². The van der Waals surface area contributed by atoms with Gasteiger partial charge in [0.05, 0.1) is 24.1 Å². The third-order valence-electron chi connectivity index (χ3n) is 2.58. The predicted octanol–water partition coefficient (Wildman–Crippen LogP) is 1.19. The maximum atomic E-state index is 10.9. The zero-order valence-corrected chi connectivity index (χ0v) is 10.7. The first-order valence-electron chi connectivity index (χ1n) is 5.85. The van der Waals surface area contributed by atoms with E-state index in [0.29, 0.717) is 0 Å². The smallest absolute Gasteiger partial charge is 0.280 e. The molecule has 1 N–H and O–H groups in total. The van der Waals surface area contributed by atoms with Gasteiger partial charge in [0.1, 0.15) is 5.56 Å². The zero-order chi connectivity index (χ0) is 14.5. The number of ether oxygens (including phenoxy) is 1. The Morgan fingerprint density at radius 1 is 1.50 bits per heavy atom. The van der Waals surface area contributed by atoms with Crippen LogP contribution >= 0.6 is 0 Å². The first kappa shape index (κ1) is 14.1. The number of para-hydroxylation sites is 1. The Bertz CT molecular complexity index is 598. The summed E-state index contributed by atoms with van der Waals surface area (Å²) in [7, 11) is 1.47. The molecule has 0 aliphatic heterocycles. The number of aliphatic hydroxyl groups excluding tert-OH is 1. The minimum atomic E-state index is -0.765. The van der Waals surface area contributed by atoms with Crippen LogP contribution in [0.4, 0.5) is 5.69 Å². The van der Waals surface area contributed by atoms with Crippen molar-refractivity contribution in [3.05, 3.63) is 40.3 Å². The molecule has 0 spiro atoms. The Morgan fingerprint density at radius 2 is 2.25 bits per heavy atom. The summed E-state index contributed by atoms with van der Waals surface area (Å²) in [6, 6.07) is 6.12. The standard InChI is InChI=1S/C12H13N3O5/c1-19-7-8(16)6-11-13-12(14-20-11)9-4-2-3-5-10(9)15(17)18/h2-5,8,16H,6-7H2,1H3. The van der Waals surface area contributed by atoms with E-state index in [-0.39, 0.29) is 36.0 Å². The van der Waals surface area contributed by atoms with Crippen LogP contribution in [0.25, 0.3) is 11.4 Å². The van der Waals surface area contributed by atoms with Gasteiger partial charge in [-0.1, -0.05) is 17.3 Å². The van der Waals surface area contributed by atoms with Gasteiger partial charge < -0.3 is 14.4 Å². The van der Waals surface area contributed by atoms with E-state index in [9.17, 15) is 15.2 Å². The lowest BCUT2D eigenvalue weighted by atomic mass is 10.1.